The molecular formula is C12H10N4O4S. The first-order valence-electron chi connectivity index (χ1n) is 5.90. The van der Waals surface area contributed by atoms with E-state index in [1.165, 1.54) is 29.3 Å². The number of thiophene rings is 1. The number of nitrogens with one attached hydrogen (secondary N) is 1. The van der Waals surface area contributed by atoms with Crippen molar-refractivity contribution in [3.8, 4) is 5.75 Å². The lowest BCUT2D eigenvalue weighted by Gasteiger charge is -2.08. The molecule has 0 aliphatic heterocycles. The zero-order valence-corrected chi connectivity index (χ0v) is 11.7. The zero-order chi connectivity index (χ0) is 15.0. The van der Waals surface area contributed by atoms with E-state index in [4.69, 9.17) is 0 Å². The van der Waals surface area contributed by atoms with Crippen LogP contribution >= 0.6 is 11.3 Å². The lowest BCUT2D eigenvalue weighted by Crippen LogP contribution is -2.31. The third-order valence-corrected chi connectivity index (χ3v) is 3.85. The summed E-state index contributed by atoms with van der Waals surface area (Å²) in [5.41, 5.74) is 0.401. The van der Waals surface area contributed by atoms with Gasteiger partial charge in [-0.05, 0) is 11.4 Å². The lowest BCUT2D eigenvalue weighted by atomic mass is 10.2. The van der Waals surface area contributed by atoms with Crippen molar-refractivity contribution in [3.05, 3.63) is 23.5 Å². The molecule has 0 radical (unpaired) electrons. The highest BCUT2D eigenvalue weighted by Crippen LogP contribution is 2.34. The van der Waals surface area contributed by atoms with E-state index < -0.39 is 11.9 Å². The number of hydrogen-bond donors (Lipinski definition) is 2. The molecule has 0 unspecified atom stereocenters. The van der Waals surface area contributed by atoms with Crippen LogP contribution in [-0.2, 0) is 9.53 Å². The summed E-state index contributed by atoms with van der Waals surface area (Å²) in [6, 6.07) is 1.70. The standard InChI is InChI=1S/C12H10N4O4S/c1-20-7(17)4-13-12(19)8-9(18)6-2-3-21-10(6)11-14-5-15-16(8)11/h2-3,5,18H,4H2,1H3,(H,13,19). The van der Waals surface area contributed by atoms with Crippen LogP contribution in [0, 0.1) is 0 Å². The Morgan fingerprint density at radius 3 is 3.10 bits per heavy atom. The van der Waals surface area contributed by atoms with Crippen LogP contribution in [0.1, 0.15) is 10.5 Å². The Labute approximate surface area is 122 Å². The molecule has 3 heterocycles. The molecule has 0 atom stereocenters. The monoisotopic (exact) mass is 306 g/mol. The number of rotatable bonds is 3. The van der Waals surface area contributed by atoms with Crippen LogP contribution in [-0.4, -0.2) is 45.2 Å². The van der Waals surface area contributed by atoms with Crippen molar-refractivity contribution in [2.45, 2.75) is 0 Å². The van der Waals surface area contributed by atoms with E-state index in [0.717, 1.165) is 4.70 Å². The Morgan fingerprint density at radius 1 is 1.52 bits per heavy atom. The van der Waals surface area contributed by atoms with Gasteiger partial charge in [-0.15, -0.1) is 11.3 Å². The summed E-state index contributed by atoms with van der Waals surface area (Å²) in [6.07, 6.45) is 1.30. The van der Waals surface area contributed by atoms with Gasteiger partial charge in [0.1, 0.15) is 12.9 Å². The van der Waals surface area contributed by atoms with Crippen LogP contribution in [0.5, 0.6) is 5.75 Å². The van der Waals surface area contributed by atoms with Crippen molar-refractivity contribution in [2.75, 3.05) is 13.7 Å². The highest BCUT2D eigenvalue weighted by molar-refractivity contribution is 7.18. The van der Waals surface area contributed by atoms with Gasteiger partial charge in [0.25, 0.3) is 5.91 Å². The summed E-state index contributed by atoms with van der Waals surface area (Å²) in [4.78, 5) is 27.4. The molecule has 0 bridgehead atoms. The van der Waals surface area contributed by atoms with Crippen molar-refractivity contribution >= 4 is 38.9 Å². The second kappa shape index (κ2) is 5.02. The predicted octanol–water partition coefficient (Wildman–Crippen LogP) is 0.552. The number of aromatic hydroxyl groups is 1. The van der Waals surface area contributed by atoms with E-state index in [2.05, 4.69) is 20.1 Å². The molecule has 1 amide bonds. The molecule has 3 aromatic rings. The van der Waals surface area contributed by atoms with E-state index in [-0.39, 0.29) is 18.0 Å². The largest absolute Gasteiger partial charge is 0.505 e. The number of ether oxygens (including phenoxy) is 1. The first kappa shape index (κ1) is 13.3. The Bertz CT molecular complexity index is 854. The quantitative estimate of drug-likeness (QED) is 0.685. The van der Waals surface area contributed by atoms with Gasteiger partial charge in [0.2, 0.25) is 0 Å². The van der Waals surface area contributed by atoms with Gasteiger partial charge in [0, 0.05) is 5.39 Å². The summed E-state index contributed by atoms with van der Waals surface area (Å²) in [7, 11) is 1.22. The van der Waals surface area contributed by atoms with Crippen LogP contribution in [0.2, 0.25) is 0 Å². The number of esters is 1. The van der Waals surface area contributed by atoms with Crippen molar-refractivity contribution in [1.82, 2.24) is 19.9 Å². The van der Waals surface area contributed by atoms with Crippen molar-refractivity contribution in [3.63, 3.8) is 0 Å². The number of amides is 1. The molecule has 0 aliphatic carbocycles. The third-order valence-electron chi connectivity index (χ3n) is 2.94. The van der Waals surface area contributed by atoms with Crippen molar-refractivity contribution in [1.29, 1.82) is 0 Å². The minimum atomic E-state index is -0.638. The Kier molecular flexibility index (Phi) is 3.18. The van der Waals surface area contributed by atoms with Gasteiger partial charge in [-0.1, -0.05) is 0 Å². The molecule has 3 rings (SSSR count). The number of aromatic nitrogens is 3. The number of fused-ring (bicyclic) bond motifs is 3. The number of methoxy groups -OCH3 is 1. The number of carbonyl (C=O) groups excluding carboxylic acids is 2. The Morgan fingerprint density at radius 2 is 2.33 bits per heavy atom. The van der Waals surface area contributed by atoms with Crippen LogP contribution in [0.4, 0.5) is 0 Å². The molecule has 8 nitrogen and oxygen atoms in total. The normalized spacial score (nSPS) is 10.9. The molecule has 0 fully saturated rings. The molecule has 0 aliphatic rings. The molecule has 9 heteroatoms. The summed E-state index contributed by atoms with van der Waals surface area (Å²) >= 11 is 1.39. The molecule has 0 aromatic carbocycles. The van der Waals surface area contributed by atoms with Gasteiger partial charge >= 0.3 is 5.97 Å². The van der Waals surface area contributed by atoms with Gasteiger partial charge in [0.05, 0.1) is 11.8 Å². The van der Waals surface area contributed by atoms with Crippen LogP contribution in [0.25, 0.3) is 15.7 Å². The third kappa shape index (κ3) is 2.07. The number of pyridine rings is 1. The Hall–Kier alpha value is -2.68. The van der Waals surface area contributed by atoms with E-state index >= 15 is 0 Å². The average Bonchev–Trinajstić information content (AvgIpc) is 3.12. The Balaban J connectivity index is 2.11. The van der Waals surface area contributed by atoms with Gasteiger partial charge in [-0.2, -0.15) is 5.10 Å². The smallest absolute Gasteiger partial charge is 0.325 e. The fourth-order valence-electron chi connectivity index (χ4n) is 1.97. The van der Waals surface area contributed by atoms with Crippen molar-refractivity contribution in [2.24, 2.45) is 0 Å². The molecule has 0 saturated heterocycles. The predicted molar refractivity (Wildman–Crippen MR) is 74.4 cm³/mol. The second-order valence-electron chi connectivity index (χ2n) is 4.11. The average molecular weight is 306 g/mol. The first-order valence-corrected chi connectivity index (χ1v) is 6.78. The fraction of sp³-hybridized carbons (Fsp3) is 0.167. The highest BCUT2D eigenvalue weighted by atomic mass is 32.1. The molecular weight excluding hydrogens is 296 g/mol. The second-order valence-corrected chi connectivity index (χ2v) is 5.03. The van der Waals surface area contributed by atoms with Crippen LogP contribution in [0.3, 0.4) is 0 Å². The topological polar surface area (TPSA) is 106 Å². The molecule has 2 N–H and O–H groups in total. The maximum atomic E-state index is 12.2. The number of carbonyl (C=O) groups is 2. The summed E-state index contributed by atoms with van der Waals surface area (Å²) in [5.74, 6) is -1.43. The minimum Gasteiger partial charge on any atom is -0.505 e. The van der Waals surface area contributed by atoms with Gasteiger partial charge in [-0.3, -0.25) is 9.59 Å². The number of hydrogen-bond acceptors (Lipinski definition) is 7. The zero-order valence-electron chi connectivity index (χ0n) is 10.9. The summed E-state index contributed by atoms with van der Waals surface area (Å²) in [5, 5.41) is 18.9. The summed E-state index contributed by atoms with van der Waals surface area (Å²) in [6.45, 7) is -0.299. The van der Waals surface area contributed by atoms with Crippen molar-refractivity contribution < 1.29 is 19.4 Å². The number of nitrogens with zero attached hydrogens (tertiary/aromatic N) is 3. The van der Waals surface area contributed by atoms with Gasteiger partial charge in [0.15, 0.2) is 17.1 Å². The fourth-order valence-corrected chi connectivity index (χ4v) is 2.85. The molecule has 0 spiro atoms. The van der Waals surface area contributed by atoms with E-state index in [0.29, 0.717) is 11.0 Å². The van der Waals surface area contributed by atoms with Gasteiger partial charge in [-0.25, -0.2) is 9.50 Å². The first-order chi connectivity index (χ1) is 10.1. The van der Waals surface area contributed by atoms with Crippen LogP contribution in [0.15, 0.2) is 17.8 Å². The lowest BCUT2D eigenvalue weighted by molar-refractivity contribution is -0.139. The minimum absolute atomic E-state index is 0.0719. The SMILES string of the molecule is COC(=O)CNC(=O)c1c(O)c2ccsc2c2ncnn12. The maximum absolute atomic E-state index is 12.2. The summed E-state index contributed by atoms with van der Waals surface area (Å²) < 4.78 is 6.43. The maximum Gasteiger partial charge on any atom is 0.325 e. The molecule has 3 aromatic heterocycles. The molecule has 21 heavy (non-hydrogen) atoms. The van der Waals surface area contributed by atoms with E-state index in [1.54, 1.807) is 11.4 Å². The van der Waals surface area contributed by atoms with Gasteiger partial charge < -0.3 is 15.2 Å². The molecule has 108 valence electrons. The van der Waals surface area contributed by atoms with Crippen LogP contribution < -0.4 is 5.32 Å². The van der Waals surface area contributed by atoms with E-state index in [1.807, 2.05) is 0 Å². The van der Waals surface area contributed by atoms with E-state index in [9.17, 15) is 14.7 Å². The molecule has 0 saturated carbocycles. The highest BCUT2D eigenvalue weighted by Gasteiger charge is 2.22.